The van der Waals surface area contributed by atoms with Crippen LogP contribution in [0.5, 0.6) is 0 Å². The largest absolute Gasteiger partial charge is 0.468 e. The molecule has 1 aromatic rings. The number of rotatable bonds is 4. The number of nitrogens with zero attached hydrogens (tertiary/aromatic N) is 1. The Morgan fingerprint density at radius 3 is 3.06 bits per heavy atom. The van der Waals surface area contributed by atoms with Gasteiger partial charge in [-0.2, -0.15) is 0 Å². The molecule has 1 aliphatic heterocycles. The molecule has 90 valence electrons. The Hall–Kier alpha value is -0.800. The fraction of sp³-hybridized carbons (Fsp3) is 0.692. The first-order valence-electron chi connectivity index (χ1n) is 6.32. The van der Waals surface area contributed by atoms with Gasteiger partial charge >= 0.3 is 0 Å². The molecule has 2 unspecified atom stereocenters. The molecule has 2 atom stereocenters. The normalized spacial score (nSPS) is 23.6. The van der Waals surface area contributed by atoms with E-state index in [0.717, 1.165) is 18.8 Å². The van der Waals surface area contributed by atoms with Gasteiger partial charge in [-0.05, 0) is 45.0 Å². The third-order valence-electron chi connectivity index (χ3n) is 3.56. The minimum Gasteiger partial charge on any atom is -0.468 e. The van der Waals surface area contributed by atoms with Gasteiger partial charge in [0, 0.05) is 12.6 Å². The van der Waals surface area contributed by atoms with Gasteiger partial charge in [0.2, 0.25) is 0 Å². The molecule has 2 rings (SSSR count). The van der Waals surface area contributed by atoms with E-state index in [9.17, 15) is 0 Å². The Bertz CT molecular complexity index is 291. The van der Waals surface area contributed by atoms with Crippen molar-refractivity contribution in [2.24, 2.45) is 0 Å². The van der Waals surface area contributed by atoms with Gasteiger partial charge in [0.1, 0.15) is 5.76 Å². The molecule has 1 fully saturated rings. The van der Waals surface area contributed by atoms with Gasteiger partial charge in [0.15, 0.2) is 0 Å². The van der Waals surface area contributed by atoms with Gasteiger partial charge in [-0.25, -0.2) is 0 Å². The molecule has 1 aliphatic rings. The summed E-state index contributed by atoms with van der Waals surface area (Å²) in [5.41, 5.74) is 0. The Balaban J connectivity index is 2.03. The predicted molar refractivity (Wildman–Crippen MR) is 65.4 cm³/mol. The Labute approximate surface area is 97.8 Å². The SMILES string of the molecule is CCN(C1CCCNC1)C(C)c1ccco1. The second-order valence-corrected chi connectivity index (χ2v) is 4.52. The summed E-state index contributed by atoms with van der Waals surface area (Å²) in [6.45, 7) is 7.82. The maximum absolute atomic E-state index is 5.51. The fourth-order valence-corrected chi connectivity index (χ4v) is 2.66. The van der Waals surface area contributed by atoms with E-state index in [1.165, 1.54) is 19.4 Å². The number of nitrogens with one attached hydrogen (secondary N) is 1. The van der Waals surface area contributed by atoms with Crippen molar-refractivity contribution in [1.82, 2.24) is 10.2 Å². The molecule has 0 radical (unpaired) electrons. The quantitative estimate of drug-likeness (QED) is 0.848. The van der Waals surface area contributed by atoms with Crippen molar-refractivity contribution >= 4 is 0 Å². The van der Waals surface area contributed by atoms with Gasteiger partial charge in [-0.3, -0.25) is 4.90 Å². The standard InChI is InChI=1S/C13H22N2O/c1-3-15(12-6-4-8-14-10-12)11(2)13-7-5-9-16-13/h5,7,9,11-12,14H,3-4,6,8,10H2,1-2H3. The summed E-state index contributed by atoms with van der Waals surface area (Å²) in [4.78, 5) is 2.53. The molecule has 1 aromatic heterocycles. The lowest BCUT2D eigenvalue weighted by Gasteiger charge is -2.37. The van der Waals surface area contributed by atoms with Gasteiger partial charge in [-0.15, -0.1) is 0 Å². The van der Waals surface area contributed by atoms with Gasteiger partial charge in [0.25, 0.3) is 0 Å². The molecule has 0 aliphatic carbocycles. The Morgan fingerprint density at radius 1 is 1.62 bits per heavy atom. The maximum Gasteiger partial charge on any atom is 0.120 e. The highest BCUT2D eigenvalue weighted by Gasteiger charge is 2.25. The summed E-state index contributed by atoms with van der Waals surface area (Å²) in [5.74, 6) is 1.08. The lowest BCUT2D eigenvalue weighted by molar-refractivity contribution is 0.115. The first-order chi connectivity index (χ1) is 7.83. The van der Waals surface area contributed by atoms with E-state index >= 15 is 0 Å². The third kappa shape index (κ3) is 2.47. The zero-order valence-corrected chi connectivity index (χ0v) is 10.3. The zero-order valence-electron chi connectivity index (χ0n) is 10.3. The topological polar surface area (TPSA) is 28.4 Å². The second-order valence-electron chi connectivity index (χ2n) is 4.52. The van der Waals surface area contributed by atoms with Crippen LogP contribution < -0.4 is 5.32 Å². The first-order valence-corrected chi connectivity index (χ1v) is 6.32. The second kappa shape index (κ2) is 5.51. The van der Waals surface area contributed by atoms with Crippen LogP contribution in [-0.4, -0.2) is 30.6 Å². The minimum absolute atomic E-state index is 0.380. The van der Waals surface area contributed by atoms with Gasteiger partial charge in [0.05, 0.1) is 12.3 Å². The summed E-state index contributed by atoms with van der Waals surface area (Å²) < 4.78 is 5.51. The lowest BCUT2D eigenvalue weighted by atomic mass is 10.0. The van der Waals surface area contributed by atoms with Crippen molar-refractivity contribution in [2.75, 3.05) is 19.6 Å². The van der Waals surface area contributed by atoms with Crippen molar-refractivity contribution in [2.45, 2.75) is 38.8 Å². The Morgan fingerprint density at radius 2 is 2.50 bits per heavy atom. The van der Waals surface area contributed by atoms with E-state index < -0.39 is 0 Å². The van der Waals surface area contributed by atoms with Crippen LogP contribution in [0.1, 0.15) is 38.5 Å². The number of hydrogen-bond donors (Lipinski definition) is 1. The van der Waals surface area contributed by atoms with E-state index in [-0.39, 0.29) is 0 Å². The molecule has 0 bridgehead atoms. The van der Waals surface area contributed by atoms with Crippen molar-refractivity contribution in [1.29, 1.82) is 0 Å². The van der Waals surface area contributed by atoms with Gasteiger partial charge in [-0.1, -0.05) is 6.92 Å². The van der Waals surface area contributed by atoms with E-state index in [2.05, 4.69) is 30.1 Å². The average molecular weight is 222 g/mol. The predicted octanol–water partition coefficient (Wildman–Crippen LogP) is 2.41. The van der Waals surface area contributed by atoms with Crippen molar-refractivity contribution in [3.8, 4) is 0 Å². The number of likely N-dealkylation sites (N-methyl/N-ethyl adjacent to an activating group) is 1. The van der Waals surface area contributed by atoms with E-state index in [0.29, 0.717) is 12.1 Å². The van der Waals surface area contributed by atoms with Crippen LogP contribution in [0, 0.1) is 0 Å². The summed E-state index contributed by atoms with van der Waals surface area (Å²) in [6, 6.07) is 5.08. The smallest absolute Gasteiger partial charge is 0.120 e. The number of piperidine rings is 1. The Kier molecular flexibility index (Phi) is 4.02. The van der Waals surface area contributed by atoms with Crippen LogP contribution in [0.25, 0.3) is 0 Å². The number of furan rings is 1. The summed E-state index contributed by atoms with van der Waals surface area (Å²) in [6.07, 6.45) is 4.34. The molecule has 1 saturated heterocycles. The molecule has 3 heteroatoms. The van der Waals surface area contributed by atoms with Crippen LogP contribution >= 0.6 is 0 Å². The molecule has 16 heavy (non-hydrogen) atoms. The summed E-state index contributed by atoms with van der Waals surface area (Å²) >= 11 is 0. The van der Waals surface area contributed by atoms with E-state index in [4.69, 9.17) is 4.42 Å². The van der Waals surface area contributed by atoms with E-state index in [1.807, 2.05) is 6.07 Å². The highest BCUT2D eigenvalue weighted by atomic mass is 16.3. The van der Waals surface area contributed by atoms with Crippen LogP contribution in [0.2, 0.25) is 0 Å². The minimum atomic E-state index is 0.380. The molecule has 1 N–H and O–H groups in total. The molecule has 0 aromatic carbocycles. The van der Waals surface area contributed by atoms with Crippen molar-refractivity contribution in [3.05, 3.63) is 24.2 Å². The maximum atomic E-state index is 5.51. The van der Waals surface area contributed by atoms with Crippen molar-refractivity contribution < 1.29 is 4.42 Å². The highest BCUT2D eigenvalue weighted by Crippen LogP contribution is 2.24. The van der Waals surface area contributed by atoms with Crippen molar-refractivity contribution in [3.63, 3.8) is 0 Å². The van der Waals surface area contributed by atoms with Crippen LogP contribution in [-0.2, 0) is 0 Å². The van der Waals surface area contributed by atoms with Crippen LogP contribution in [0.15, 0.2) is 22.8 Å². The molecular weight excluding hydrogens is 200 g/mol. The summed E-state index contributed by atoms with van der Waals surface area (Å²) in [5, 5.41) is 3.48. The molecule has 3 nitrogen and oxygen atoms in total. The highest BCUT2D eigenvalue weighted by molar-refractivity contribution is 5.04. The zero-order chi connectivity index (χ0) is 11.4. The summed E-state index contributed by atoms with van der Waals surface area (Å²) in [7, 11) is 0. The molecule has 0 saturated carbocycles. The van der Waals surface area contributed by atoms with Crippen LogP contribution in [0.4, 0.5) is 0 Å². The molecule has 0 amide bonds. The lowest BCUT2D eigenvalue weighted by Crippen LogP contribution is -2.46. The molecule has 2 heterocycles. The monoisotopic (exact) mass is 222 g/mol. The number of hydrogen-bond acceptors (Lipinski definition) is 3. The molecule has 0 spiro atoms. The van der Waals surface area contributed by atoms with Crippen LogP contribution in [0.3, 0.4) is 0 Å². The average Bonchev–Trinajstić information content (AvgIpc) is 2.85. The van der Waals surface area contributed by atoms with Gasteiger partial charge < -0.3 is 9.73 Å². The van der Waals surface area contributed by atoms with E-state index in [1.54, 1.807) is 6.26 Å². The fourth-order valence-electron chi connectivity index (χ4n) is 2.66. The molecular formula is C13H22N2O. The first kappa shape index (κ1) is 11.7. The third-order valence-corrected chi connectivity index (χ3v) is 3.56.